The number of hydrogen-bond acceptors (Lipinski definition) is 7. The minimum Gasteiger partial charge on any atom is -0.465 e. The predicted molar refractivity (Wildman–Crippen MR) is 113 cm³/mol. The number of hydrogen-bond donors (Lipinski definition) is 0. The van der Waals surface area contributed by atoms with Crippen LogP contribution in [0.5, 0.6) is 0 Å². The summed E-state index contributed by atoms with van der Waals surface area (Å²) in [7, 11) is 2.72. The molecule has 0 bridgehead atoms. The zero-order chi connectivity index (χ0) is 20.4. The van der Waals surface area contributed by atoms with E-state index in [1.54, 1.807) is 24.3 Å². The number of ether oxygens (including phenoxy) is 2. The molecule has 0 aromatic heterocycles. The smallest absolute Gasteiger partial charge is 0.337 e. The standard InChI is InChI=1S/C12H14O2S2.C9H8O3/c1-14-11(13)9-3-5-10(6-4-9)12-15-7-2-8-16-12;1-12-9(11)8-4-2-7(6-10)3-5-8/h3-6,12H,2,7-8H2,1H3;2-6H,1H3. The van der Waals surface area contributed by atoms with Crippen molar-refractivity contribution in [3.05, 3.63) is 70.8 Å². The van der Waals surface area contributed by atoms with Crippen LogP contribution in [0.2, 0.25) is 0 Å². The second kappa shape index (κ2) is 11.6. The fraction of sp³-hybridized carbons (Fsp3) is 0.286. The second-order valence-corrected chi connectivity index (χ2v) is 8.50. The predicted octanol–water partition coefficient (Wildman–Crippen LogP) is 4.63. The summed E-state index contributed by atoms with van der Waals surface area (Å²) in [4.78, 5) is 32.4. The van der Waals surface area contributed by atoms with Gasteiger partial charge in [-0.15, -0.1) is 23.5 Å². The molecule has 3 rings (SSSR count). The molecular formula is C21H22O5S2. The first-order valence-electron chi connectivity index (χ1n) is 8.64. The highest BCUT2D eigenvalue weighted by molar-refractivity contribution is 8.16. The number of esters is 2. The van der Waals surface area contributed by atoms with Crippen molar-refractivity contribution in [2.75, 3.05) is 25.7 Å². The van der Waals surface area contributed by atoms with E-state index < -0.39 is 5.97 Å². The fourth-order valence-electron chi connectivity index (χ4n) is 2.39. The van der Waals surface area contributed by atoms with Gasteiger partial charge in [0.15, 0.2) is 0 Å². The Kier molecular flexibility index (Phi) is 9.10. The largest absolute Gasteiger partial charge is 0.465 e. The van der Waals surface area contributed by atoms with Crippen LogP contribution in [-0.2, 0) is 9.47 Å². The van der Waals surface area contributed by atoms with Gasteiger partial charge in [-0.25, -0.2) is 9.59 Å². The molecule has 0 unspecified atom stereocenters. The van der Waals surface area contributed by atoms with Gasteiger partial charge in [-0.2, -0.15) is 0 Å². The molecule has 0 saturated carbocycles. The average Bonchev–Trinajstić information content (AvgIpc) is 2.79. The Hall–Kier alpha value is -2.25. The Morgan fingerprint density at radius 3 is 1.75 bits per heavy atom. The van der Waals surface area contributed by atoms with E-state index in [0.29, 0.717) is 21.3 Å². The van der Waals surface area contributed by atoms with Gasteiger partial charge in [0, 0.05) is 5.56 Å². The SMILES string of the molecule is COC(=O)c1ccc(C2SCCCS2)cc1.COC(=O)c1ccc(C=O)cc1. The van der Waals surface area contributed by atoms with Crippen molar-refractivity contribution in [3.63, 3.8) is 0 Å². The molecule has 1 aliphatic heterocycles. The lowest BCUT2D eigenvalue weighted by Gasteiger charge is -2.21. The normalized spacial score (nSPS) is 13.6. The molecule has 148 valence electrons. The minimum atomic E-state index is -0.396. The second-order valence-electron chi connectivity index (χ2n) is 5.77. The molecule has 7 heteroatoms. The van der Waals surface area contributed by atoms with Gasteiger partial charge in [0.25, 0.3) is 0 Å². The maximum Gasteiger partial charge on any atom is 0.337 e. The summed E-state index contributed by atoms with van der Waals surface area (Å²) >= 11 is 3.97. The molecule has 1 saturated heterocycles. The van der Waals surface area contributed by atoms with Crippen LogP contribution in [0.3, 0.4) is 0 Å². The molecule has 2 aromatic rings. The van der Waals surface area contributed by atoms with Crippen LogP contribution in [-0.4, -0.2) is 44.0 Å². The molecule has 1 aliphatic rings. The monoisotopic (exact) mass is 418 g/mol. The molecule has 0 N–H and O–H groups in total. The number of thioether (sulfide) groups is 2. The number of rotatable bonds is 4. The van der Waals surface area contributed by atoms with Crippen LogP contribution >= 0.6 is 23.5 Å². The van der Waals surface area contributed by atoms with E-state index in [1.807, 2.05) is 47.8 Å². The highest BCUT2D eigenvalue weighted by atomic mass is 32.2. The summed E-state index contributed by atoms with van der Waals surface area (Å²) in [6.07, 6.45) is 2.02. The van der Waals surface area contributed by atoms with Gasteiger partial charge >= 0.3 is 11.9 Å². The Balaban J connectivity index is 0.000000209. The van der Waals surface area contributed by atoms with Gasteiger partial charge in [0.2, 0.25) is 0 Å². The topological polar surface area (TPSA) is 69.7 Å². The molecule has 1 heterocycles. The molecular weight excluding hydrogens is 396 g/mol. The summed E-state index contributed by atoms with van der Waals surface area (Å²) in [6, 6.07) is 14.0. The van der Waals surface area contributed by atoms with Gasteiger partial charge in [-0.3, -0.25) is 4.79 Å². The van der Waals surface area contributed by atoms with Gasteiger partial charge in [0.05, 0.1) is 29.9 Å². The molecule has 2 aromatic carbocycles. The van der Waals surface area contributed by atoms with Crippen LogP contribution in [0, 0.1) is 0 Å². The van der Waals surface area contributed by atoms with Crippen LogP contribution in [0.4, 0.5) is 0 Å². The van der Waals surface area contributed by atoms with Crippen molar-refractivity contribution in [2.45, 2.75) is 11.0 Å². The number of benzene rings is 2. The van der Waals surface area contributed by atoms with E-state index >= 15 is 0 Å². The molecule has 0 radical (unpaired) electrons. The average molecular weight is 419 g/mol. The number of methoxy groups -OCH3 is 2. The van der Waals surface area contributed by atoms with Crippen molar-refractivity contribution in [3.8, 4) is 0 Å². The van der Waals surface area contributed by atoms with Crippen LogP contribution < -0.4 is 0 Å². The van der Waals surface area contributed by atoms with E-state index in [2.05, 4.69) is 9.47 Å². The number of aldehydes is 1. The summed E-state index contributed by atoms with van der Waals surface area (Å²) in [5.74, 6) is 1.80. The van der Waals surface area contributed by atoms with Gasteiger partial charge < -0.3 is 9.47 Å². The van der Waals surface area contributed by atoms with Crippen molar-refractivity contribution in [1.82, 2.24) is 0 Å². The van der Waals surface area contributed by atoms with Crippen LogP contribution in [0.25, 0.3) is 0 Å². The van der Waals surface area contributed by atoms with Crippen LogP contribution in [0.1, 0.15) is 47.6 Å². The lowest BCUT2D eigenvalue weighted by molar-refractivity contribution is 0.0592. The quantitative estimate of drug-likeness (QED) is 0.530. The minimum absolute atomic E-state index is 0.268. The fourth-order valence-corrected chi connectivity index (χ4v) is 5.28. The zero-order valence-electron chi connectivity index (χ0n) is 15.8. The summed E-state index contributed by atoms with van der Waals surface area (Å²) in [6.45, 7) is 0. The molecule has 0 atom stereocenters. The van der Waals surface area contributed by atoms with Crippen molar-refractivity contribution in [2.24, 2.45) is 0 Å². The first-order chi connectivity index (χ1) is 13.6. The van der Waals surface area contributed by atoms with E-state index in [4.69, 9.17) is 0 Å². The maximum absolute atomic E-state index is 11.3. The molecule has 1 fully saturated rings. The molecule has 28 heavy (non-hydrogen) atoms. The van der Waals surface area contributed by atoms with Crippen LogP contribution in [0.15, 0.2) is 48.5 Å². The van der Waals surface area contributed by atoms with E-state index in [0.717, 1.165) is 6.29 Å². The van der Waals surface area contributed by atoms with Gasteiger partial charge in [-0.1, -0.05) is 24.3 Å². The Morgan fingerprint density at radius 2 is 1.32 bits per heavy atom. The van der Waals surface area contributed by atoms with Crippen molar-refractivity contribution in [1.29, 1.82) is 0 Å². The maximum atomic E-state index is 11.3. The van der Waals surface area contributed by atoms with E-state index in [9.17, 15) is 14.4 Å². The van der Waals surface area contributed by atoms with E-state index in [-0.39, 0.29) is 5.97 Å². The molecule has 0 aliphatic carbocycles. The molecule has 5 nitrogen and oxygen atoms in total. The van der Waals surface area contributed by atoms with Gasteiger partial charge in [-0.05, 0) is 47.8 Å². The third kappa shape index (κ3) is 6.42. The van der Waals surface area contributed by atoms with E-state index in [1.165, 1.54) is 37.7 Å². The highest BCUT2D eigenvalue weighted by Gasteiger charge is 2.16. The van der Waals surface area contributed by atoms with Crippen molar-refractivity contribution < 1.29 is 23.9 Å². The Bertz CT molecular complexity index is 781. The van der Waals surface area contributed by atoms with Gasteiger partial charge in [0.1, 0.15) is 6.29 Å². The third-order valence-electron chi connectivity index (χ3n) is 3.90. The first-order valence-corrected chi connectivity index (χ1v) is 10.7. The Morgan fingerprint density at radius 1 is 0.857 bits per heavy atom. The number of carbonyl (C=O) groups excluding carboxylic acids is 3. The summed E-state index contributed by atoms with van der Waals surface area (Å²) < 4.78 is 9.68. The third-order valence-corrected chi connectivity index (χ3v) is 6.91. The molecule has 0 amide bonds. The lowest BCUT2D eigenvalue weighted by atomic mass is 10.1. The lowest BCUT2D eigenvalue weighted by Crippen LogP contribution is -2.03. The zero-order valence-corrected chi connectivity index (χ0v) is 17.4. The summed E-state index contributed by atoms with van der Waals surface area (Å²) in [5, 5.41) is 0. The van der Waals surface area contributed by atoms with Crippen molar-refractivity contribution >= 4 is 41.7 Å². The number of carbonyl (C=O) groups is 3. The first kappa shape index (κ1) is 22.0. The summed E-state index contributed by atoms with van der Waals surface area (Å²) in [5.41, 5.74) is 2.91. The molecule has 0 spiro atoms. The Labute approximate surface area is 173 Å². The highest BCUT2D eigenvalue weighted by Crippen LogP contribution is 2.43.